The second-order valence-electron chi connectivity index (χ2n) is 5.12. The van der Waals surface area contributed by atoms with E-state index in [1.54, 1.807) is 18.3 Å². The highest BCUT2D eigenvalue weighted by atomic mass is 35.5. The van der Waals surface area contributed by atoms with Crippen molar-refractivity contribution in [1.29, 1.82) is 0 Å². The van der Waals surface area contributed by atoms with Gasteiger partial charge in [0.25, 0.3) is 0 Å². The second-order valence-corrected chi connectivity index (χ2v) is 5.93. The number of rotatable bonds is 4. The summed E-state index contributed by atoms with van der Waals surface area (Å²) < 4.78 is 5.54. The number of nitrogens with one attached hydrogen (secondary N) is 1. The molecule has 3 rings (SSSR count). The zero-order valence-electron chi connectivity index (χ0n) is 11.6. The monoisotopic (exact) mass is 340 g/mol. The minimum absolute atomic E-state index is 0.0659. The Kier molecular flexibility index (Phi) is 4.33. The molecule has 0 bridgehead atoms. The van der Waals surface area contributed by atoms with Crippen molar-refractivity contribution >= 4 is 46.0 Å². The maximum atomic E-state index is 11.1. The average molecular weight is 341 g/mol. The Bertz CT molecular complexity index is 725. The highest BCUT2D eigenvalue weighted by molar-refractivity contribution is 6.42. The second kappa shape index (κ2) is 6.24. The van der Waals surface area contributed by atoms with Crippen LogP contribution >= 0.6 is 23.2 Å². The number of ether oxygens (including phenoxy) is 1. The van der Waals surface area contributed by atoms with Crippen LogP contribution in [0.4, 0.5) is 5.82 Å². The molecular formula is C14H14Cl2N4O2. The van der Waals surface area contributed by atoms with Crippen LogP contribution in [0.15, 0.2) is 18.3 Å². The smallest absolute Gasteiger partial charge is 0.246 e. The molecule has 0 unspecified atom stereocenters. The molecule has 1 aliphatic rings. The quantitative estimate of drug-likeness (QED) is 0.891. The van der Waals surface area contributed by atoms with E-state index in [9.17, 15) is 4.79 Å². The summed E-state index contributed by atoms with van der Waals surface area (Å²) in [5, 5.41) is 4.03. The van der Waals surface area contributed by atoms with Gasteiger partial charge in [-0.15, -0.1) is 0 Å². The molecule has 1 aromatic carbocycles. The number of benzene rings is 1. The number of carbonyl (C=O) groups is 1. The van der Waals surface area contributed by atoms with Crippen LogP contribution in [0.5, 0.6) is 0 Å². The van der Waals surface area contributed by atoms with Gasteiger partial charge in [0.1, 0.15) is 11.9 Å². The first kappa shape index (κ1) is 15.3. The van der Waals surface area contributed by atoms with E-state index in [1.807, 2.05) is 0 Å². The first-order chi connectivity index (χ1) is 10.5. The Morgan fingerprint density at radius 2 is 2.05 bits per heavy atom. The van der Waals surface area contributed by atoms with E-state index in [0.29, 0.717) is 39.9 Å². The zero-order chi connectivity index (χ0) is 15.7. The number of carbonyl (C=O) groups excluding carboxylic acids is 1. The van der Waals surface area contributed by atoms with Crippen molar-refractivity contribution < 1.29 is 9.53 Å². The maximum Gasteiger partial charge on any atom is 0.246 e. The van der Waals surface area contributed by atoms with Crippen LogP contribution in [0.25, 0.3) is 11.0 Å². The fourth-order valence-electron chi connectivity index (χ4n) is 2.38. The lowest BCUT2D eigenvalue weighted by atomic mass is 10.2. The first-order valence-corrected chi connectivity index (χ1v) is 7.59. The number of aromatic nitrogens is 2. The third kappa shape index (κ3) is 3.24. The van der Waals surface area contributed by atoms with E-state index in [2.05, 4.69) is 15.3 Å². The van der Waals surface area contributed by atoms with E-state index < -0.39 is 12.0 Å². The molecule has 0 saturated carbocycles. The normalized spacial score (nSPS) is 21.2. The van der Waals surface area contributed by atoms with Gasteiger partial charge < -0.3 is 15.8 Å². The molecule has 2 heterocycles. The lowest BCUT2D eigenvalue weighted by Gasteiger charge is -2.13. The lowest BCUT2D eigenvalue weighted by Crippen LogP contribution is -2.30. The topological polar surface area (TPSA) is 90.1 Å². The number of anilines is 1. The number of halogens is 2. The number of fused-ring (bicyclic) bond motifs is 1. The minimum atomic E-state index is -0.490. The number of primary amides is 1. The number of amides is 1. The Labute approximate surface area is 137 Å². The molecule has 0 aliphatic carbocycles. The van der Waals surface area contributed by atoms with Gasteiger partial charge in [-0.25, -0.2) is 4.98 Å². The van der Waals surface area contributed by atoms with E-state index in [4.69, 9.17) is 33.7 Å². The predicted octanol–water partition coefficient (Wildman–Crippen LogP) is 2.38. The summed E-state index contributed by atoms with van der Waals surface area (Å²) >= 11 is 11.9. The summed E-state index contributed by atoms with van der Waals surface area (Å²) in [5.41, 5.74) is 6.55. The molecule has 0 radical (unpaired) electrons. The minimum Gasteiger partial charge on any atom is -0.367 e. The molecule has 1 aromatic heterocycles. The van der Waals surface area contributed by atoms with E-state index in [1.165, 1.54) is 0 Å². The third-order valence-electron chi connectivity index (χ3n) is 3.52. The van der Waals surface area contributed by atoms with Crippen molar-refractivity contribution in [2.75, 3.05) is 11.9 Å². The summed E-state index contributed by atoms with van der Waals surface area (Å²) in [7, 11) is 0. The average Bonchev–Trinajstić information content (AvgIpc) is 2.95. The molecule has 22 heavy (non-hydrogen) atoms. The first-order valence-electron chi connectivity index (χ1n) is 6.83. The van der Waals surface area contributed by atoms with Crippen LogP contribution in [0.3, 0.4) is 0 Å². The van der Waals surface area contributed by atoms with Gasteiger partial charge in [0.2, 0.25) is 5.91 Å². The van der Waals surface area contributed by atoms with Crippen LogP contribution in [0.1, 0.15) is 12.8 Å². The zero-order valence-corrected chi connectivity index (χ0v) is 13.1. The van der Waals surface area contributed by atoms with Gasteiger partial charge in [0.05, 0.1) is 33.4 Å². The summed E-state index contributed by atoms with van der Waals surface area (Å²) in [6.45, 7) is 0.533. The van der Waals surface area contributed by atoms with Crippen LogP contribution in [0, 0.1) is 0 Å². The number of hydrogen-bond donors (Lipinski definition) is 2. The standard InChI is InChI=1S/C14H14Cl2N4O2/c15-8-3-10-11(4-9(8)16)20-13(6-18-10)19-5-7-1-2-12(22-7)14(17)21/h3-4,6-7,12H,1-2,5H2,(H2,17,21)(H,19,20)/t7-,12+/m0/s1. The highest BCUT2D eigenvalue weighted by Crippen LogP contribution is 2.26. The molecule has 0 spiro atoms. The van der Waals surface area contributed by atoms with Crippen molar-refractivity contribution in [3.63, 3.8) is 0 Å². The van der Waals surface area contributed by atoms with Crippen molar-refractivity contribution in [2.45, 2.75) is 25.0 Å². The van der Waals surface area contributed by atoms with Crippen molar-refractivity contribution in [1.82, 2.24) is 9.97 Å². The van der Waals surface area contributed by atoms with Crippen LogP contribution in [-0.4, -0.2) is 34.6 Å². The summed E-state index contributed by atoms with van der Waals surface area (Å²) in [5.74, 6) is 0.191. The molecule has 3 N–H and O–H groups in total. The van der Waals surface area contributed by atoms with Crippen LogP contribution in [0.2, 0.25) is 10.0 Å². The van der Waals surface area contributed by atoms with Gasteiger partial charge in [-0.1, -0.05) is 23.2 Å². The molecule has 2 aromatic rings. The molecule has 1 aliphatic heterocycles. The van der Waals surface area contributed by atoms with Gasteiger partial charge in [-0.2, -0.15) is 0 Å². The van der Waals surface area contributed by atoms with Gasteiger partial charge in [0.15, 0.2) is 0 Å². The number of nitrogens with two attached hydrogens (primary N) is 1. The van der Waals surface area contributed by atoms with Gasteiger partial charge in [0, 0.05) is 6.54 Å². The molecular weight excluding hydrogens is 327 g/mol. The molecule has 2 atom stereocenters. The lowest BCUT2D eigenvalue weighted by molar-refractivity contribution is -0.128. The molecule has 1 amide bonds. The molecule has 6 nitrogen and oxygen atoms in total. The SMILES string of the molecule is NC(=O)[C@H]1CC[C@@H](CNc2cnc3cc(Cl)c(Cl)cc3n2)O1. The fraction of sp³-hybridized carbons (Fsp3) is 0.357. The van der Waals surface area contributed by atoms with Gasteiger partial charge >= 0.3 is 0 Å². The van der Waals surface area contributed by atoms with Gasteiger partial charge in [-0.3, -0.25) is 9.78 Å². The Morgan fingerprint density at radius 1 is 1.32 bits per heavy atom. The highest BCUT2D eigenvalue weighted by Gasteiger charge is 2.28. The number of nitrogens with zero attached hydrogens (tertiary/aromatic N) is 2. The van der Waals surface area contributed by atoms with Crippen LogP contribution in [-0.2, 0) is 9.53 Å². The van der Waals surface area contributed by atoms with Crippen molar-refractivity contribution in [3.8, 4) is 0 Å². The molecule has 116 valence electrons. The Hall–Kier alpha value is -1.63. The van der Waals surface area contributed by atoms with E-state index in [-0.39, 0.29) is 6.10 Å². The largest absolute Gasteiger partial charge is 0.367 e. The van der Waals surface area contributed by atoms with E-state index in [0.717, 1.165) is 6.42 Å². The molecule has 1 saturated heterocycles. The Balaban J connectivity index is 1.67. The summed E-state index contributed by atoms with van der Waals surface area (Å²) in [6, 6.07) is 3.35. The molecule has 8 heteroatoms. The predicted molar refractivity (Wildman–Crippen MR) is 85.1 cm³/mol. The van der Waals surface area contributed by atoms with Crippen molar-refractivity contribution in [3.05, 3.63) is 28.4 Å². The van der Waals surface area contributed by atoms with E-state index >= 15 is 0 Å². The van der Waals surface area contributed by atoms with Gasteiger partial charge in [-0.05, 0) is 25.0 Å². The van der Waals surface area contributed by atoms with Crippen molar-refractivity contribution in [2.24, 2.45) is 5.73 Å². The fourth-order valence-corrected chi connectivity index (χ4v) is 2.69. The Morgan fingerprint density at radius 3 is 2.73 bits per heavy atom. The summed E-state index contributed by atoms with van der Waals surface area (Å²) in [6.07, 6.45) is 2.49. The maximum absolute atomic E-state index is 11.1. The summed E-state index contributed by atoms with van der Waals surface area (Å²) in [4.78, 5) is 19.8. The number of hydrogen-bond acceptors (Lipinski definition) is 5. The molecule has 1 fully saturated rings. The third-order valence-corrected chi connectivity index (χ3v) is 4.24. The van der Waals surface area contributed by atoms with Crippen LogP contribution < -0.4 is 11.1 Å².